The number of halogens is 2. The number of benzene rings is 2. The summed E-state index contributed by atoms with van der Waals surface area (Å²) in [5, 5.41) is 1.10. The number of amides is 2. The van der Waals surface area contributed by atoms with Crippen LogP contribution in [0.3, 0.4) is 0 Å². The highest BCUT2D eigenvalue weighted by Crippen LogP contribution is 2.39. The molecule has 0 atom stereocenters. The van der Waals surface area contributed by atoms with Gasteiger partial charge < -0.3 is 19.1 Å². The number of carbonyl (C=O) groups is 2. The minimum Gasteiger partial charge on any atom is -0.493 e. The molecule has 2 aromatic carbocycles. The van der Waals surface area contributed by atoms with Crippen LogP contribution in [0.5, 0.6) is 16.6 Å². The van der Waals surface area contributed by atoms with Crippen LogP contribution in [0, 0.1) is 0 Å². The number of hydrogen-bond donors (Lipinski definition) is 0. The average Bonchev–Trinajstić information content (AvgIpc) is 3.26. The second-order valence-corrected chi connectivity index (χ2v) is 8.87. The molecular weight excluding hydrogens is 501 g/mol. The largest absolute Gasteiger partial charge is 0.493 e. The molecule has 0 radical (unpaired) electrons. The van der Waals surface area contributed by atoms with Crippen LogP contribution >= 0.6 is 34.5 Å². The summed E-state index contributed by atoms with van der Waals surface area (Å²) in [4.78, 5) is 33.1. The fraction of sp³-hybridized carbons (Fsp3) is 0.261. The Bertz CT molecular complexity index is 1190. The van der Waals surface area contributed by atoms with E-state index in [1.165, 1.54) is 42.3 Å². The molecule has 0 saturated heterocycles. The van der Waals surface area contributed by atoms with Crippen molar-refractivity contribution in [3.63, 3.8) is 0 Å². The highest BCUT2D eigenvalue weighted by Gasteiger charge is 2.27. The minimum absolute atomic E-state index is 0.187. The van der Waals surface area contributed by atoms with Crippen LogP contribution in [0.1, 0.15) is 23.7 Å². The quantitative estimate of drug-likeness (QED) is 0.345. The first-order chi connectivity index (χ1) is 16.3. The Morgan fingerprint density at radius 2 is 1.79 bits per heavy atom. The summed E-state index contributed by atoms with van der Waals surface area (Å²) >= 11 is 13.4. The van der Waals surface area contributed by atoms with E-state index in [2.05, 4.69) is 4.98 Å². The first-order valence-electron chi connectivity index (χ1n) is 10.2. The maximum Gasteiger partial charge on any atom is 0.415 e. The Labute approximate surface area is 211 Å². The van der Waals surface area contributed by atoms with Crippen LogP contribution in [0.4, 0.5) is 15.6 Å². The lowest BCUT2D eigenvalue weighted by molar-refractivity contribution is 0.0999. The second kappa shape index (κ2) is 11.4. The summed E-state index contributed by atoms with van der Waals surface area (Å²) in [5.41, 5.74) is 0.668. The standard InChI is InChI=1S/C23H23Cl2N3O5S/c1-5-10-27(2)23(30)33-20-13-26-22(34-20)28(15-7-9-18(31-3)19(12-15)32-4)21(29)16-8-6-14(24)11-17(16)25/h6-9,11-13H,5,10H2,1-4H3. The molecule has 0 unspecified atom stereocenters. The first-order valence-corrected chi connectivity index (χ1v) is 11.8. The fourth-order valence-corrected chi connectivity index (χ4v) is 4.33. The second-order valence-electron chi connectivity index (χ2n) is 7.06. The van der Waals surface area contributed by atoms with Crippen LogP contribution in [-0.2, 0) is 0 Å². The summed E-state index contributed by atoms with van der Waals surface area (Å²) in [7, 11) is 4.67. The average molecular weight is 524 g/mol. The monoisotopic (exact) mass is 523 g/mol. The fourth-order valence-electron chi connectivity index (χ4n) is 3.05. The van der Waals surface area contributed by atoms with Gasteiger partial charge in [-0.05, 0) is 36.8 Å². The van der Waals surface area contributed by atoms with Crippen LogP contribution in [0.15, 0.2) is 42.6 Å². The number of thiazole rings is 1. The molecule has 0 N–H and O–H groups in total. The third-order valence-corrected chi connectivity index (χ3v) is 6.12. The van der Waals surface area contributed by atoms with Crippen LogP contribution in [0.2, 0.25) is 10.0 Å². The van der Waals surface area contributed by atoms with Gasteiger partial charge in [0.05, 0.1) is 36.7 Å². The lowest BCUT2D eigenvalue weighted by Crippen LogP contribution is -2.30. The van der Waals surface area contributed by atoms with E-state index in [1.54, 1.807) is 31.3 Å². The Morgan fingerprint density at radius 1 is 1.06 bits per heavy atom. The summed E-state index contributed by atoms with van der Waals surface area (Å²) in [5.74, 6) is 0.463. The van der Waals surface area contributed by atoms with Gasteiger partial charge in [0.15, 0.2) is 11.5 Å². The van der Waals surface area contributed by atoms with Crippen LogP contribution in [-0.4, -0.2) is 49.7 Å². The molecule has 3 rings (SSSR count). The number of rotatable bonds is 8. The Balaban J connectivity index is 2.03. The van der Waals surface area contributed by atoms with Gasteiger partial charge in [-0.1, -0.05) is 41.5 Å². The number of hydrogen-bond acceptors (Lipinski definition) is 7. The number of nitrogens with zero attached hydrogens (tertiary/aromatic N) is 3. The summed E-state index contributed by atoms with van der Waals surface area (Å²) in [6, 6.07) is 9.60. The van der Waals surface area contributed by atoms with Crippen molar-refractivity contribution in [2.45, 2.75) is 13.3 Å². The lowest BCUT2D eigenvalue weighted by atomic mass is 10.1. The predicted octanol–water partition coefficient (Wildman–Crippen LogP) is 6.29. The molecule has 8 nitrogen and oxygen atoms in total. The molecule has 2 amide bonds. The van der Waals surface area contributed by atoms with Crippen molar-refractivity contribution >= 4 is 57.4 Å². The van der Waals surface area contributed by atoms with E-state index in [9.17, 15) is 9.59 Å². The highest BCUT2D eigenvalue weighted by atomic mass is 35.5. The van der Waals surface area contributed by atoms with Gasteiger partial charge in [0.25, 0.3) is 5.91 Å². The molecular formula is C23H23Cl2N3O5S. The normalized spacial score (nSPS) is 10.5. The van der Waals surface area contributed by atoms with Crippen molar-refractivity contribution in [3.05, 3.63) is 58.2 Å². The predicted molar refractivity (Wildman–Crippen MR) is 134 cm³/mol. The van der Waals surface area contributed by atoms with Gasteiger partial charge in [-0.3, -0.25) is 9.69 Å². The topological polar surface area (TPSA) is 81.2 Å². The number of carbonyl (C=O) groups excluding carboxylic acids is 2. The summed E-state index contributed by atoms with van der Waals surface area (Å²) in [6.45, 7) is 2.51. The third-order valence-electron chi connectivity index (χ3n) is 4.71. The summed E-state index contributed by atoms with van der Waals surface area (Å²) in [6.07, 6.45) is 1.67. The zero-order valence-electron chi connectivity index (χ0n) is 19.0. The maximum atomic E-state index is 13.6. The van der Waals surface area contributed by atoms with Gasteiger partial charge in [-0.2, -0.15) is 0 Å². The van der Waals surface area contributed by atoms with E-state index >= 15 is 0 Å². The van der Waals surface area contributed by atoms with Gasteiger partial charge in [-0.15, -0.1) is 0 Å². The van der Waals surface area contributed by atoms with E-state index < -0.39 is 12.0 Å². The van der Waals surface area contributed by atoms with Crippen molar-refractivity contribution in [2.75, 3.05) is 32.7 Å². The third kappa shape index (κ3) is 5.72. The van der Waals surface area contributed by atoms with Crippen molar-refractivity contribution in [1.29, 1.82) is 0 Å². The van der Waals surface area contributed by atoms with Gasteiger partial charge in [0.2, 0.25) is 10.2 Å². The van der Waals surface area contributed by atoms with Crippen LogP contribution in [0.25, 0.3) is 0 Å². The number of ether oxygens (including phenoxy) is 3. The van der Waals surface area contributed by atoms with Gasteiger partial charge in [0, 0.05) is 24.7 Å². The molecule has 0 aliphatic heterocycles. The smallest absolute Gasteiger partial charge is 0.415 e. The zero-order chi connectivity index (χ0) is 24.8. The minimum atomic E-state index is -0.512. The zero-order valence-corrected chi connectivity index (χ0v) is 21.3. The molecule has 180 valence electrons. The Hall–Kier alpha value is -3.01. The molecule has 0 spiro atoms. The molecule has 0 fully saturated rings. The van der Waals surface area contributed by atoms with Crippen molar-refractivity contribution in [1.82, 2.24) is 9.88 Å². The van der Waals surface area contributed by atoms with E-state index in [4.69, 9.17) is 37.4 Å². The van der Waals surface area contributed by atoms with Crippen LogP contribution < -0.4 is 19.1 Å². The molecule has 1 aromatic heterocycles. The first kappa shape index (κ1) is 25.6. The van der Waals surface area contributed by atoms with E-state index in [-0.39, 0.29) is 20.8 Å². The molecule has 1 heterocycles. The van der Waals surface area contributed by atoms with E-state index in [0.717, 1.165) is 17.8 Å². The molecule has 0 aliphatic rings. The van der Waals surface area contributed by atoms with E-state index in [0.29, 0.717) is 28.8 Å². The molecule has 34 heavy (non-hydrogen) atoms. The number of anilines is 2. The van der Waals surface area contributed by atoms with Gasteiger partial charge in [-0.25, -0.2) is 9.78 Å². The Kier molecular flexibility index (Phi) is 8.60. The Morgan fingerprint density at radius 3 is 2.44 bits per heavy atom. The molecule has 11 heteroatoms. The van der Waals surface area contributed by atoms with E-state index in [1.807, 2.05) is 6.92 Å². The maximum absolute atomic E-state index is 13.6. The SMILES string of the molecule is CCCN(C)C(=O)Oc1cnc(N(C(=O)c2ccc(Cl)cc2Cl)c2ccc(OC)c(OC)c2)s1. The van der Waals surface area contributed by atoms with Crippen molar-refractivity contribution in [3.8, 4) is 16.6 Å². The molecule has 0 bridgehead atoms. The lowest BCUT2D eigenvalue weighted by Gasteiger charge is -2.22. The van der Waals surface area contributed by atoms with Gasteiger partial charge in [0.1, 0.15) is 0 Å². The van der Waals surface area contributed by atoms with Gasteiger partial charge >= 0.3 is 6.09 Å². The highest BCUT2D eigenvalue weighted by molar-refractivity contribution is 7.17. The van der Waals surface area contributed by atoms with Crippen molar-refractivity contribution < 1.29 is 23.8 Å². The molecule has 0 aliphatic carbocycles. The molecule has 3 aromatic rings. The van der Waals surface area contributed by atoms with Crippen molar-refractivity contribution in [2.24, 2.45) is 0 Å². The number of methoxy groups -OCH3 is 2. The molecule has 0 saturated carbocycles. The number of aromatic nitrogens is 1. The summed E-state index contributed by atoms with van der Waals surface area (Å²) < 4.78 is 16.1.